The van der Waals surface area contributed by atoms with Gasteiger partial charge in [-0.25, -0.2) is 0 Å². The first-order valence-corrected chi connectivity index (χ1v) is 6.95. The molecule has 1 fully saturated rings. The Balaban J connectivity index is 2.56. The number of ether oxygens (including phenoxy) is 1. The van der Waals surface area contributed by atoms with Gasteiger partial charge in [0.15, 0.2) is 0 Å². The highest BCUT2D eigenvalue weighted by molar-refractivity contribution is 5.82. The number of nitrogens with zero attached hydrogens (tertiary/aromatic N) is 2. The maximum Gasteiger partial charge on any atom is 0.241 e. The van der Waals surface area contributed by atoms with Gasteiger partial charge in [0.05, 0.1) is 12.7 Å². The van der Waals surface area contributed by atoms with Crippen LogP contribution in [0.1, 0.15) is 20.3 Å². The standard InChI is InChI=1S/C13H27N3O3/c1-4-11-8-16(13(18)12(14)9-19-3)6-5-15(11)7-10(2)17/h10-12,17H,4-9,14H2,1-3H3. The molecule has 0 bridgehead atoms. The molecule has 1 rings (SSSR count). The largest absolute Gasteiger partial charge is 0.392 e. The van der Waals surface area contributed by atoms with E-state index in [0.717, 1.165) is 13.0 Å². The highest BCUT2D eigenvalue weighted by Crippen LogP contribution is 2.14. The topological polar surface area (TPSA) is 79.0 Å². The normalized spacial score (nSPS) is 24.3. The first-order valence-electron chi connectivity index (χ1n) is 6.95. The van der Waals surface area contributed by atoms with Crippen LogP contribution in [0.5, 0.6) is 0 Å². The van der Waals surface area contributed by atoms with E-state index < -0.39 is 6.04 Å². The molecule has 19 heavy (non-hydrogen) atoms. The number of amides is 1. The number of methoxy groups -OCH3 is 1. The molecule has 6 heteroatoms. The Kier molecular flexibility index (Phi) is 6.71. The fourth-order valence-electron chi connectivity index (χ4n) is 2.55. The minimum absolute atomic E-state index is 0.0444. The summed E-state index contributed by atoms with van der Waals surface area (Å²) in [6, 6.07) is -0.284. The zero-order chi connectivity index (χ0) is 14.4. The predicted octanol–water partition coefficient (Wildman–Crippen LogP) is -0.736. The molecule has 1 aliphatic rings. The highest BCUT2D eigenvalue weighted by atomic mass is 16.5. The van der Waals surface area contributed by atoms with E-state index >= 15 is 0 Å². The van der Waals surface area contributed by atoms with Crippen molar-refractivity contribution in [2.24, 2.45) is 5.73 Å². The average molecular weight is 273 g/mol. The van der Waals surface area contributed by atoms with E-state index in [1.54, 1.807) is 14.0 Å². The van der Waals surface area contributed by atoms with Gasteiger partial charge in [0.2, 0.25) is 5.91 Å². The van der Waals surface area contributed by atoms with Gasteiger partial charge >= 0.3 is 0 Å². The van der Waals surface area contributed by atoms with Crippen molar-refractivity contribution in [3.05, 3.63) is 0 Å². The van der Waals surface area contributed by atoms with Crippen molar-refractivity contribution in [3.8, 4) is 0 Å². The molecular weight excluding hydrogens is 246 g/mol. The summed E-state index contributed by atoms with van der Waals surface area (Å²) < 4.78 is 4.93. The number of β-amino-alcohol motifs (C(OH)–C–C–N with tert-alkyl or cyclic N) is 1. The second-order valence-electron chi connectivity index (χ2n) is 5.25. The van der Waals surface area contributed by atoms with Crippen molar-refractivity contribution in [2.75, 3.05) is 39.9 Å². The molecule has 0 aromatic heterocycles. The molecule has 0 saturated carbocycles. The van der Waals surface area contributed by atoms with E-state index in [-0.39, 0.29) is 18.6 Å². The average Bonchev–Trinajstić information content (AvgIpc) is 2.38. The van der Waals surface area contributed by atoms with E-state index in [0.29, 0.717) is 25.7 Å². The second kappa shape index (κ2) is 7.79. The Morgan fingerprint density at radius 2 is 2.21 bits per heavy atom. The molecule has 0 aromatic carbocycles. The van der Waals surface area contributed by atoms with Crippen LogP contribution in [0.15, 0.2) is 0 Å². The minimum Gasteiger partial charge on any atom is -0.392 e. The Bertz CT molecular complexity index is 286. The molecule has 3 unspecified atom stereocenters. The van der Waals surface area contributed by atoms with E-state index in [2.05, 4.69) is 11.8 Å². The lowest BCUT2D eigenvalue weighted by molar-refractivity contribution is -0.137. The van der Waals surface area contributed by atoms with E-state index in [4.69, 9.17) is 10.5 Å². The summed E-state index contributed by atoms with van der Waals surface area (Å²) in [5.74, 6) is -0.0444. The highest BCUT2D eigenvalue weighted by Gasteiger charge is 2.30. The summed E-state index contributed by atoms with van der Waals surface area (Å²) in [6.45, 7) is 6.93. The predicted molar refractivity (Wildman–Crippen MR) is 73.8 cm³/mol. The summed E-state index contributed by atoms with van der Waals surface area (Å²) >= 11 is 0. The third-order valence-electron chi connectivity index (χ3n) is 3.55. The monoisotopic (exact) mass is 273 g/mol. The summed E-state index contributed by atoms with van der Waals surface area (Å²) in [5, 5.41) is 9.49. The fraction of sp³-hybridized carbons (Fsp3) is 0.923. The van der Waals surface area contributed by atoms with E-state index in [1.165, 1.54) is 0 Å². The third-order valence-corrected chi connectivity index (χ3v) is 3.55. The molecule has 1 heterocycles. The number of nitrogens with two attached hydrogens (primary N) is 1. The Morgan fingerprint density at radius 3 is 2.74 bits per heavy atom. The van der Waals surface area contributed by atoms with Gasteiger partial charge in [-0.2, -0.15) is 0 Å². The lowest BCUT2D eigenvalue weighted by Gasteiger charge is -2.42. The quantitative estimate of drug-likeness (QED) is 0.666. The van der Waals surface area contributed by atoms with Gasteiger partial charge in [-0.15, -0.1) is 0 Å². The smallest absolute Gasteiger partial charge is 0.241 e. The number of rotatable bonds is 6. The maximum absolute atomic E-state index is 12.1. The Morgan fingerprint density at radius 1 is 1.53 bits per heavy atom. The molecule has 0 aliphatic carbocycles. The van der Waals surface area contributed by atoms with Crippen molar-refractivity contribution in [1.29, 1.82) is 0 Å². The number of hydrogen-bond donors (Lipinski definition) is 2. The van der Waals surface area contributed by atoms with Crippen LogP contribution >= 0.6 is 0 Å². The van der Waals surface area contributed by atoms with Gasteiger partial charge < -0.3 is 20.5 Å². The lowest BCUT2D eigenvalue weighted by atomic mass is 10.1. The number of carbonyl (C=O) groups is 1. The number of hydrogen-bond acceptors (Lipinski definition) is 5. The van der Waals surface area contributed by atoms with Crippen molar-refractivity contribution < 1.29 is 14.6 Å². The van der Waals surface area contributed by atoms with Crippen molar-refractivity contribution in [3.63, 3.8) is 0 Å². The van der Waals surface area contributed by atoms with Crippen molar-refractivity contribution in [2.45, 2.75) is 38.5 Å². The van der Waals surface area contributed by atoms with Crippen LogP contribution in [0.3, 0.4) is 0 Å². The summed E-state index contributed by atoms with van der Waals surface area (Å²) in [7, 11) is 1.54. The van der Waals surface area contributed by atoms with Gasteiger partial charge in [-0.1, -0.05) is 6.92 Å². The van der Waals surface area contributed by atoms with E-state index in [1.807, 2.05) is 4.90 Å². The molecule has 3 N–H and O–H groups in total. The van der Waals surface area contributed by atoms with Crippen LogP contribution in [0.25, 0.3) is 0 Å². The van der Waals surface area contributed by atoms with Crippen LogP contribution in [-0.2, 0) is 9.53 Å². The lowest BCUT2D eigenvalue weighted by Crippen LogP contribution is -2.58. The van der Waals surface area contributed by atoms with Gasteiger partial charge in [-0.3, -0.25) is 9.69 Å². The first-order chi connectivity index (χ1) is 8.99. The maximum atomic E-state index is 12.1. The van der Waals surface area contributed by atoms with Crippen LogP contribution < -0.4 is 5.73 Å². The molecule has 1 aliphatic heterocycles. The molecule has 6 nitrogen and oxygen atoms in total. The van der Waals surface area contributed by atoms with Crippen LogP contribution in [0.2, 0.25) is 0 Å². The zero-order valence-corrected chi connectivity index (χ0v) is 12.2. The SMILES string of the molecule is CCC1CN(C(=O)C(N)COC)CCN1CC(C)O. The van der Waals surface area contributed by atoms with Crippen LogP contribution in [0, 0.1) is 0 Å². The van der Waals surface area contributed by atoms with E-state index in [9.17, 15) is 9.90 Å². The fourth-order valence-corrected chi connectivity index (χ4v) is 2.55. The van der Waals surface area contributed by atoms with Crippen LogP contribution in [0.4, 0.5) is 0 Å². The zero-order valence-electron chi connectivity index (χ0n) is 12.2. The molecule has 0 aromatic rings. The van der Waals surface area contributed by atoms with Crippen LogP contribution in [-0.4, -0.2) is 78.9 Å². The molecular formula is C13H27N3O3. The number of aliphatic hydroxyl groups is 1. The molecule has 1 saturated heterocycles. The molecule has 3 atom stereocenters. The number of piperazine rings is 1. The molecule has 112 valence electrons. The summed E-state index contributed by atoms with van der Waals surface area (Å²) in [6.07, 6.45) is 0.614. The van der Waals surface area contributed by atoms with Gasteiger partial charge in [0.25, 0.3) is 0 Å². The first kappa shape index (κ1) is 16.4. The number of aliphatic hydroxyl groups excluding tert-OH is 1. The second-order valence-corrected chi connectivity index (χ2v) is 5.25. The third kappa shape index (κ3) is 4.72. The van der Waals surface area contributed by atoms with Gasteiger partial charge in [0.1, 0.15) is 6.04 Å². The Hall–Kier alpha value is -0.690. The molecule has 1 amide bonds. The summed E-state index contributed by atoms with van der Waals surface area (Å²) in [4.78, 5) is 16.2. The van der Waals surface area contributed by atoms with Crippen molar-refractivity contribution >= 4 is 5.91 Å². The van der Waals surface area contributed by atoms with Gasteiger partial charge in [-0.05, 0) is 13.3 Å². The molecule has 0 radical (unpaired) electrons. The minimum atomic E-state index is -0.578. The molecule has 0 spiro atoms. The van der Waals surface area contributed by atoms with Crippen molar-refractivity contribution in [1.82, 2.24) is 9.80 Å². The number of carbonyl (C=O) groups excluding carboxylic acids is 1. The van der Waals surface area contributed by atoms with Gasteiger partial charge in [0, 0.05) is 39.3 Å². The Labute approximate surface area is 115 Å². The summed E-state index contributed by atoms with van der Waals surface area (Å²) in [5.41, 5.74) is 5.79.